The molecule has 1 unspecified atom stereocenters. The van der Waals surface area contributed by atoms with Gasteiger partial charge in [0.15, 0.2) is 0 Å². The quantitative estimate of drug-likeness (QED) is 0.725. The van der Waals surface area contributed by atoms with Gasteiger partial charge in [-0.05, 0) is 45.9 Å². The van der Waals surface area contributed by atoms with E-state index >= 15 is 0 Å². The minimum atomic E-state index is -0.135. The third-order valence-electron chi connectivity index (χ3n) is 4.45. The second-order valence-electron chi connectivity index (χ2n) is 6.65. The van der Waals surface area contributed by atoms with Crippen molar-refractivity contribution in [2.24, 2.45) is 7.05 Å². The van der Waals surface area contributed by atoms with Crippen molar-refractivity contribution < 1.29 is 4.79 Å². The van der Waals surface area contributed by atoms with Gasteiger partial charge in [-0.25, -0.2) is 9.97 Å². The molecule has 0 aliphatic rings. The molecular formula is C20H24N6O. The summed E-state index contributed by atoms with van der Waals surface area (Å²) in [5, 5.41) is 10.5. The van der Waals surface area contributed by atoms with Crippen LogP contribution in [0.25, 0.3) is 0 Å². The molecule has 2 aromatic heterocycles. The lowest BCUT2D eigenvalue weighted by Crippen LogP contribution is -2.27. The maximum atomic E-state index is 12.7. The topological polar surface area (TPSA) is 84.7 Å². The molecule has 0 radical (unpaired) electrons. The molecule has 0 spiro atoms. The van der Waals surface area contributed by atoms with Crippen molar-refractivity contribution >= 4 is 17.4 Å². The number of rotatable bonds is 5. The summed E-state index contributed by atoms with van der Waals surface area (Å²) in [5.74, 6) is 1.27. The molecule has 27 heavy (non-hydrogen) atoms. The minimum Gasteiger partial charge on any atom is -0.345 e. The minimum absolute atomic E-state index is 0.130. The highest BCUT2D eigenvalue weighted by Gasteiger charge is 2.16. The van der Waals surface area contributed by atoms with Crippen molar-refractivity contribution in [3.8, 4) is 0 Å². The molecule has 7 nitrogen and oxygen atoms in total. The number of carbonyl (C=O) groups excluding carboxylic acids is 1. The first-order chi connectivity index (χ1) is 12.8. The smallest absolute Gasteiger partial charge is 0.251 e. The fraction of sp³-hybridized carbons (Fsp3) is 0.300. The van der Waals surface area contributed by atoms with E-state index in [9.17, 15) is 4.79 Å². The van der Waals surface area contributed by atoms with E-state index in [1.54, 1.807) is 16.9 Å². The van der Waals surface area contributed by atoms with Gasteiger partial charge in [0.25, 0.3) is 5.91 Å². The summed E-state index contributed by atoms with van der Waals surface area (Å²) < 4.78 is 1.80. The average Bonchev–Trinajstić information content (AvgIpc) is 2.93. The maximum Gasteiger partial charge on any atom is 0.251 e. The number of hydrogen-bond acceptors (Lipinski definition) is 5. The zero-order chi connectivity index (χ0) is 19.6. The number of anilines is 2. The van der Waals surface area contributed by atoms with Crippen LogP contribution in [0, 0.1) is 20.8 Å². The lowest BCUT2D eigenvalue weighted by Gasteiger charge is -2.14. The summed E-state index contributed by atoms with van der Waals surface area (Å²) in [4.78, 5) is 21.3. The number of nitrogens with one attached hydrogen (secondary N) is 2. The third kappa shape index (κ3) is 4.31. The van der Waals surface area contributed by atoms with E-state index in [1.165, 1.54) is 0 Å². The van der Waals surface area contributed by atoms with Crippen molar-refractivity contribution in [1.82, 2.24) is 25.1 Å². The lowest BCUT2D eigenvalue weighted by atomic mass is 10.1. The molecule has 0 fully saturated rings. The number of carbonyl (C=O) groups is 1. The zero-order valence-corrected chi connectivity index (χ0v) is 16.2. The van der Waals surface area contributed by atoms with Crippen LogP contribution in [0.2, 0.25) is 0 Å². The Morgan fingerprint density at radius 1 is 1.15 bits per heavy atom. The van der Waals surface area contributed by atoms with Gasteiger partial charge in [-0.2, -0.15) is 5.10 Å². The molecule has 140 valence electrons. The van der Waals surface area contributed by atoms with Crippen LogP contribution in [-0.2, 0) is 7.05 Å². The van der Waals surface area contributed by atoms with Crippen LogP contribution in [0.4, 0.5) is 11.5 Å². The van der Waals surface area contributed by atoms with Gasteiger partial charge >= 0.3 is 0 Å². The molecule has 3 aromatic rings. The fourth-order valence-electron chi connectivity index (χ4n) is 2.97. The van der Waals surface area contributed by atoms with E-state index in [2.05, 4.69) is 25.7 Å². The van der Waals surface area contributed by atoms with Gasteiger partial charge < -0.3 is 10.6 Å². The van der Waals surface area contributed by atoms with Crippen LogP contribution < -0.4 is 10.6 Å². The van der Waals surface area contributed by atoms with Gasteiger partial charge in [0.1, 0.15) is 11.6 Å². The average molecular weight is 364 g/mol. The summed E-state index contributed by atoms with van der Waals surface area (Å²) in [5.41, 5.74) is 4.31. The summed E-state index contributed by atoms with van der Waals surface area (Å²) in [6.45, 7) is 7.72. The Bertz CT molecular complexity index is 958. The second kappa shape index (κ2) is 7.57. The molecule has 2 heterocycles. The summed E-state index contributed by atoms with van der Waals surface area (Å²) in [7, 11) is 1.89. The largest absolute Gasteiger partial charge is 0.345 e. The monoisotopic (exact) mass is 364 g/mol. The Morgan fingerprint density at radius 3 is 2.59 bits per heavy atom. The maximum absolute atomic E-state index is 12.7. The Labute approximate surface area is 158 Å². The SMILES string of the molecule is Cc1cc(Nc2cccc(C(=O)NC(C)c3cnn(C)c3C)c2)nc(C)n1. The molecule has 1 atom stereocenters. The van der Waals surface area contributed by atoms with E-state index < -0.39 is 0 Å². The number of benzene rings is 1. The van der Waals surface area contributed by atoms with Crippen molar-refractivity contribution in [1.29, 1.82) is 0 Å². The molecule has 1 aromatic carbocycles. The second-order valence-corrected chi connectivity index (χ2v) is 6.65. The Hall–Kier alpha value is -3.22. The molecular weight excluding hydrogens is 340 g/mol. The van der Waals surface area contributed by atoms with Crippen LogP contribution >= 0.6 is 0 Å². The number of nitrogens with zero attached hydrogens (tertiary/aromatic N) is 4. The van der Waals surface area contributed by atoms with E-state index in [0.717, 1.165) is 22.6 Å². The molecule has 0 saturated carbocycles. The normalized spacial score (nSPS) is 11.9. The molecule has 0 aliphatic carbocycles. The van der Waals surface area contributed by atoms with E-state index in [4.69, 9.17) is 0 Å². The lowest BCUT2D eigenvalue weighted by molar-refractivity contribution is 0.0940. The van der Waals surface area contributed by atoms with Gasteiger partial charge in [0.2, 0.25) is 0 Å². The molecule has 7 heteroatoms. The Balaban J connectivity index is 1.74. The van der Waals surface area contributed by atoms with E-state index in [-0.39, 0.29) is 11.9 Å². The Kier molecular flexibility index (Phi) is 5.21. The van der Waals surface area contributed by atoms with Crippen molar-refractivity contribution in [2.75, 3.05) is 5.32 Å². The molecule has 1 amide bonds. The predicted octanol–water partition coefficient (Wildman–Crippen LogP) is 3.37. The van der Waals surface area contributed by atoms with Gasteiger partial charge in [0, 0.05) is 41.3 Å². The van der Waals surface area contributed by atoms with Crippen LogP contribution in [-0.4, -0.2) is 25.7 Å². The highest BCUT2D eigenvalue weighted by Crippen LogP contribution is 2.19. The fourth-order valence-corrected chi connectivity index (χ4v) is 2.97. The van der Waals surface area contributed by atoms with Crippen LogP contribution in [0.5, 0.6) is 0 Å². The van der Waals surface area contributed by atoms with Gasteiger partial charge in [0.05, 0.1) is 12.2 Å². The van der Waals surface area contributed by atoms with Crippen LogP contribution in [0.15, 0.2) is 36.5 Å². The summed E-state index contributed by atoms with van der Waals surface area (Å²) >= 11 is 0. The summed E-state index contributed by atoms with van der Waals surface area (Å²) in [6, 6.07) is 9.09. The molecule has 0 saturated heterocycles. The highest BCUT2D eigenvalue weighted by atomic mass is 16.1. The predicted molar refractivity (Wildman–Crippen MR) is 105 cm³/mol. The number of aryl methyl sites for hydroxylation is 3. The van der Waals surface area contributed by atoms with Gasteiger partial charge in [-0.3, -0.25) is 9.48 Å². The molecule has 2 N–H and O–H groups in total. The van der Waals surface area contributed by atoms with E-state index in [0.29, 0.717) is 17.2 Å². The van der Waals surface area contributed by atoms with Crippen molar-refractivity contribution in [3.05, 3.63) is 64.9 Å². The van der Waals surface area contributed by atoms with Crippen LogP contribution in [0.1, 0.15) is 46.1 Å². The first-order valence-electron chi connectivity index (χ1n) is 8.82. The van der Waals surface area contributed by atoms with Crippen molar-refractivity contribution in [3.63, 3.8) is 0 Å². The number of aromatic nitrogens is 4. The number of hydrogen-bond donors (Lipinski definition) is 2. The number of amides is 1. The van der Waals surface area contributed by atoms with Gasteiger partial charge in [-0.1, -0.05) is 6.07 Å². The Morgan fingerprint density at radius 2 is 1.93 bits per heavy atom. The first kappa shape index (κ1) is 18.6. The molecule has 3 rings (SSSR count). The third-order valence-corrected chi connectivity index (χ3v) is 4.45. The van der Waals surface area contributed by atoms with Gasteiger partial charge in [-0.15, -0.1) is 0 Å². The zero-order valence-electron chi connectivity index (χ0n) is 16.2. The van der Waals surface area contributed by atoms with Crippen LogP contribution in [0.3, 0.4) is 0 Å². The summed E-state index contributed by atoms with van der Waals surface area (Å²) in [6.07, 6.45) is 1.79. The highest BCUT2D eigenvalue weighted by molar-refractivity contribution is 5.95. The standard InChI is InChI=1S/C20H24N6O/c1-12-9-19(24-15(4)22-12)25-17-8-6-7-16(10-17)20(27)23-13(2)18-11-21-26(5)14(18)3/h6-11,13H,1-5H3,(H,23,27)(H,22,24,25). The van der Waals surface area contributed by atoms with E-state index in [1.807, 2.05) is 59.0 Å². The molecule has 0 bridgehead atoms. The molecule has 0 aliphatic heterocycles. The van der Waals surface area contributed by atoms with Crippen molar-refractivity contribution in [2.45, 2.75) is 33.7 Å². The first-order valence-corrected chi connectivity index (χ1v) is 8.82.